The largest absolute Gasteiger partial charge is 0.129 e. The van der Waals surface area contributed by atoms with Crippen molar-refractivity contribution in [1.29, 1.82) is 0 Å². The Morgan fingerprint density at radius 1 is 0.567 bits per heavy atom. The van der Waals surface area contributed by atoms with Crippen molar-refractivity contribution in [1.82, 2.24) is 0 Å². The lowest BCUT2D eigenvalue weighted by Gasteiger charge is -2.07. The molecule has 0 amide bonds. The van der Waals surface area contributed by atoms with Gasteiger partial charge in [0, 0.05) is 30.9 Å². The summed E-state index contributed by atoms with van der Waals surface area (Å²) in [7, 11) is -2.89. The van der Waals surface area contributed by atoms with E-state index in [0.717, 1.165) is 0 Å². The van der Waals surface area contributed by atoms with Gasteiger partial charge in [-0.3, -0.25) is 0 Å². The third-order valence-electron chi connectivity index (χ3n) is 5.07. The van der Waals surface area contributed by atoms with Crippen LogP contribution in [0.15, 0.2) is 36.4 Å². The van der Waals surface area contributed by atoms with E-state index in [2.05, 4.69) is 98.6 Å². The maximum Gasteiger partial charge on any atom is 0.129 e. The fourth-order valence-corrected chi connectivity index (χ4v) is 7.27. The van der Waals surface area contributed by atoms with Gasteiger partial charge < -0.3 is 0 Å². The van der Waals surface area contributed by atoms with E-state index in [1.54, 1.807) is 0 Å². The SMILES string of the molecule is C[Si](C)(C)C#Cc1sc2cccc3c4c(C#C[Si](C)(C)C)sc5cccc(c1c23)c54. The van der Waals surface area contributed by atoms with Gasteiger partial charge in [0.05, 0.1) is 9.75 Å². The Labute approximate surface area is 188 Å². The topological polar surface area (TPSA) is 0 Å². The molecule has 0 saturated heterocycles. The lowest BCUT2D eigenvalue weighted by Crippen LogP contribution is -2.16. The standard InChI is InChI=1S/C26H24S2Si2/c1-29(2,3)15-13-21-25-17-9-7-12-20-24(17)26(22(28-20)14-16-30(4,5)6)18-10-8-11-19(27-21)23(18)25/h7-12H,1-6H3. The average Bonchev–Trinajstić information content (AvgIpc) is 3.21. The first-order valence-corrected chi connectivity index (χ1v) is 18.9. The van der Waals surface area contributed by atoms with Crippen LogP contribution in [-0.4, -0.2) is 16.1 Å². The average molecular weight is 457 g/mol. The van der Waals surface area contributed by atoms with Crippen molar-refractivity contribution >= 4 is 80.5 Å². The van der Waals surface area contributed by atoms with E-state index >= 15 is 0 Å². The number of hydrogen-bond acceptors (Lipinski definition) is 2. The Bertz CT molecular complexity index is 1440. The van der Waals surface area contributed by atoms with Crippen LogP contribution in [0.4, 0.5) is 0 Å². The van der Waals surface area contributed by atoms with E-state index in [0.29, 0.717) is 0 Å². The molecule has 0 spiro atoms. The molecule has 0 aliphatic rings. The first kappa shape index (κ1) is 19.9. The highest BCUT2D eigenvalue weighted by molar-refractivity contribution is 7.22. The molecule has 5 rings (SSSR count). The second-order valence-corrected chi connectivity index (χ2v) is 21.6. The van der Waals surface area contributed by atoms with E-state index in [9.17, 15) is 0 Å². The van der Waals surface area contributed by atoms with Crippen LogP contribution in [-0.2, 0) is 0 Å². The highest BCUT2D eigenvalue weighted by atomic mass is 32.1. The minimum atomic E-state index is -1.45. The van der Waals surface area contributed by atoms with Gasteiger partial charge >= 0.3 is 0 Å². The molecule has 2 aromatic heterocycles. The van der Waals surface area contributed by atoms with Gasteiger partial charge in [0.1, 0.15) is 16.1 Å². The van der Waals surface area contributed by atoms with Gasteiger partial charge in [0.2, 0.25) is 0 Å². The molecule has 0 unspecified atom stereocenters. The molecule has 0 radical (unpaired) electrons. The fourth-order valence-electron chi connectivity index (χ4n) is 3.89. The maximum atomic E-state index is 3.60. The molecule has 0 saturated carbocycles. The summed E-state index contributed by atoms with van der Waals surface area (Å²) in [4.78, 5) is 2.44. The van der Waals surface area contributed by atoms with Crippen molar-refractivity contribution in [2.75, 3.05) is 0 Å². The molecule has 3 aromatic carbocycles. The van der Waals surface area contributed by atoms with Crippen LogP contribution >= 0.6 is 22.7 Å². The Balaban J connectivity index is 1.98. The molecule has 0 fully saturated rings. The van der Waals surface area contributed by atoms with E-state index < -0.39 is 16.1 Å². The fraction of sp³-hybridized carbons (Fsp3) is 0.231. The molecule has 0 atom stereocenters. The molecule has 30 heavy (non-hydrogen) atoms. The summed E-state index contributed by atoms with van der Waals surface area (Å²) in [5, 5.41) is 8.11. The van der Waals surface area contributed by atoms with Crippen LogP contribution < -0.4 is 0 Å². The van der Waals surface area contributed by atoms with Crippen LogP contribution in [0.5, 0.6) is 0 Å². The normalized spacial score (nSPS) is 12.5. The van der Waals surface area contributed by atoms with Crippen LogP contribution in [0, 0.1) is 22.9 Å². The third-order valence-corrected chi connectivity index (χ3v) is 8.96. The van der Waals surface area contributed by atoms with E-state index in [1.165, 1.54) is 51.5 Å². The lowest BCUT2D eigenvalue weighted by molar-refractivity contribution is 1.81. The summed E-state index contributed by atoms with van der Waals surface area (Å²) in [5.74, 6) is 7.18. The Hall–Kier alpha value is -2.09. The predicted molar refractivity (Wildman–Crippen MR) is 144 cm³/mol. The monoisotopic (exact) mass is 456 g/mol. The maximum absolute atomic E-state index is 3.60. The minimum absolute atomic E-state index is 1.22. The van der Waals surface area contributed by atoms with Gasteiger partial charge in [0.15, 0.2) is 0 Å². The minimum Gasteiger partial charge on any atom is -0.126 e. The zero-order valence-corrected chi connectivity index (χ0v) is 21.9. The molecule has 0 aliphatic heterocycles. The Morgan fingerprint density at radius 2 is 0.967 bits per heavy atom. The molecule has 148 valence electrons. The van der Waals surface area contributed by atoms with Crippen LogP contribution in [0.1, 0.15) is 9.75 Å². The van der Waals surface area contributed by atoms with Crippen molar-refractivity contribution in [3.63, 3.8) is 0 Å². The summed E-state index contributed by atoms with van der Waals surface area (Å²) < 4.78 is 2.67. The summed E-state index contributed by atoms with van der Waals surface area (Å²) in [6.45, 7) is 13.9. The molecule has 0 aliphatic carbocycles. The van der Waals surface area contributed by atoms with Crippen LogP contribution in [0.25, 0.3) is 41.7 Å². The molecule has 5 aromatic rings. The molecule has 0 N–H and O–H groups in total. The van der Waals surface area contributed by atoms with Crippen molar-refractivity contribution < 1.29 is 0 Å². The second kappa shape index (κ2) is 6.71. The van der Waals surface area contributed by atoms with Gasteiger partial charge in [-0.05, 0) is 22.9 Å². The predicted octanol–water partition coefficient (Wildman–Crippen LogP) is 8.32. The van der Waals surface area contributed by atoms with Crippen molar-refractivity contribution in [2.45, 2.75) is 39.3 Å². The highest BCUT2D eigenvalue weighted by Gasteiger charge is 2.21. The van der Waals surface area contributed by atoms with Crippen molar-refractivity contribution in [3.05, 3.63) is 46.2 Å². The van der Waals surface area contributed by atoms with Gasteiger partial charge in [-0.2, -0.15) is 0 Å². The third kappa shape index (κ3) is 3.29. The lowest BCUT2D eigenvalue weighted by atomic mass is 9.95. The molecular weight excluding hydrogens is 433 g/mol. The van der Waals surface area contributed by atoms with Crippen LogP contribution in [0.2, 0.25) is 39.3 Å². The molecule has 0 bridgehead atoms. The first-order chi connectivity index (χ1) is 14.1. The number of hydrogen-bond donors (Lipinski definition) is 0. The molecule has 0 nitrogen and oxygen atoms in total. The van der Waals surface area contributed by atoms with E-state index in [1.807, 2.05) is 22.7 Å². The highest BCUT2D eigenvalue weighted by Crippen LogP contribution is 2.48. The van der Waals surface area contributed by atoms with Crippen molar-refractivity contribution in [3.8, 4) is 22.9 Å². The molecular formula is C26H24S2Si2. The summed E-state index contributed by atoms with van der Waals surface area (Å²) in [5.41, 5.74) is 7.20. The quantitative estimate of drug-likeness (QED) is 0.125. The molecule has 2 heterocycles. The smallest absolute Gasteiger partial charge is 0.126 e. The van der Waals surface area contributed by atoms with Crippen molar-refractivity contribution in [2.24, 2.45) is 0 Å². The second-order valence-electron chi connectivity index (χ2n) is 9.97. The van der Waals surface area contributed by atoms with Gasteiger partial charge in [-0.25, -0.2) is 0 Å². The summed E-state index contributed by atoms with van der Waals surface area (Å²) >= 11 is 3.70. The Kier molecular flexibility index (Phi) is 4.44. The number of thiophene rings is 2. The first-order valence-electron chi connectivity index (χ1n) is 10.3. The Morgan fingerprint density at radius 3 is 1.33 bits per heavy atom. The van der Waals surface area contributed by atoms with Gasteiger partial charge in [-0.15, -0.1) is 33.8 Å². The van der Waals surface area contributed by atoms with E-state index in [4.69, 9.17) is 0 Å². The zero-order valence-electron chi connectivity index (χ0n) is 18.3. The van der Waals surface area contributed by atoms with Gasteiger partial charge in [-0.1, -0.05) is 75.4 Å². The number of rotatable bonds is 0. The van der Waals surface area contributed by atoms with Crippen LogP contribution in [0.3, 0.4) is 0 Å². The number of benzene rings is 3. The number of fused-ring (bicyclic) bond motifs is 2. The summed E-state index contributed by atoms with van der Waals surface area (Å²) in [6.07, 6.45) is 0. The molecule has 4 heteroatoms. The van der Waals surface area contributed by atoms with Gasteiger partial charge in [0.25, 0.3) is 0 Å². The zero-order chi connectivity index (χ0) is 21.3. The summed E-state index contributed by atoms with van der Waals surface area (Å²) in [6, 6.07) is 13.5. The van der Waals surface area contributed by atoms with E-state index in [-0.39, 0.29) is 0 Å².